The molecule has 1 aliphatic carbocycles. The number of benzene rings is 4. The number of rotatable bonds is 4. The summed E-state index contributed by atoms with van der Waals surface area (Å²) < 4.78 is 117. The zero-order valence-corrected chi connectivity index (χ0v) is 27.5. The first-order valence-electron chi connectivity index (χ1n) is 12.7. The molecule has 0 spiro atoms. The van der Waals surface area contributed by atoms with E-state index in [1.807, 2.05) is 0 Å². The second-order valence-corrected chi connectivity index (χ2v) is 15.1. The minimum absolute atomic E-state index is 0.00365. The van der Waals surface area contributed by atoms with Gasteiger partial charge in [0.25, 0.3) is 20.2 Å². The molecule has 47 heavy (non-hydrogen) atoms. The quantitative estimate of drug-likeness (QED) is 0.0800. The highest BCUT2D eigenvalue weighted by molar-refractivity contribution is 7.87. The maximum atomic E-state index is 12.9. The highest BCUT2D eigenvalue weighted by Crippen LogP contribution is 2.55. The minimum atomic E-state index is -5.41. The van der Waals surface area contributed by atoms with E-state index in [2.05, 4.69) is 15.3 Å². The first kappa shape index (κ1) is 32.7. The molecule has 21 heteroatoms. The van der Waals surface area contributed by atoms with Crippen molar-refractivity contribution in [1.82, 2.24) is 4.98 Å². The Morgan fingerprint density at radius 3 is 2.11 bits per heavy atom. The summed E-state index contributed by atoms with van der Waals surface area (Å²) in [6, 6.07) is 6.13. The third kappa shape index (κ3) is 5.39. The lowest BCUT2D eigenvalue weighted by atomic mass is 10.1. The van der Waals surface area contributed by atoms with Gasteiger partial charge in [-0.25, -0.2) is 9.98 Å². The van der Waals surface area contributed by atoms with Crippen LogP contribution in [0.3, 0.4) is 0 Å². The molecular weight excluding hydrogens is 725 g/mol. The fourth-order valence-corrected chi connectivity index (χ4v) is 7.72. The van der Waals surface area contributed by atoms with Gasteiger partial charge in [0.15, 0.2) is 32.6 Å². The van der Waals surface area contributed by atoms with Gasteiger partial charge in [-0.05, 0) is 49.2 Å². The number of fused-ring (bicyclic) bond motifs is 4. The van der Waals surface area contributed by atoms with E-state index in [0.717, 1.165) is 6.07 Å². The van der Waals surface area contributed by atoms with Crippen molar-refractivity contribution in [2.75, 3.05) is 16.8 Å². The molecule has 0 unspecified atom stereocenters. The first-order valence-corrected chi connectivity index (χ1v) is 17.8. The summed E-state index contributed by atoms with van der Waals surface area (Å²) in [5.74, 6) is -1.52. The van der Waals surface area contributed by atoms with Crippen molar-refractivity contribution >= 4 is 93.1 Å². The van der Waals surface area contributed by atoms with Crippen LogP contribution >= 0.6 is 23.2 Å². The number of ether oxygens (including phenoxy) is 1. The molecule has 16 nitrogen and oxygen atoms in total. The van der Waals surface area contributed by atoms with Crippen molar-refractivity contribution in [3.63, 3.8) is 0 Å². The van der Waals surface area contributed by atoms with Crippen molar-refractivity contribution < 1.29 is 48.1 Å². The lowest BCUT2D eigenvalue weighted by Crippen LogP contribution is -2.24. The molecule has 246 valence electrons. The highest BCUT2D eigenvalue weighted by Gasteiger charge is 2.36. The van der Waals surface area contributed by atoms with Gasteiger partial charge in [-0.3, -0.25) is 13.7 Å². The number of nitrogen functional groups attached to an aromatic ring is 2. The van der Waals surface area contributed by atoms with E-state index < -0.39 is 78.2 Å². The zero-order chi connectivity index (χ0) is 34.5. The molecule has 0 atom stereocenters. The van der Waals surface area contributed by atoms with Crippen LogP contribution in [-0.4, -0.2) is 43.9 Å². The van der Waals surface area contributed by atoms with Gasteiger partial charge >= 0.3 is 10.1 Å². The fourth-order valence-electron chi connectivity index (χ4n) is 4.95. The number of aryl methyl sites for hydroxylation is 2. The molecule has 0 saturated heterocycles. The average Bonchev–Trinajstić information content (AvgIpc) is 2.94. The van der Waals surface area contributed by atoms with Gasteiger partial charge in [-0.1, -0.05) is 29.3 Å². The van der Waals surface area contributed by atoms with E-state index in [1.165, 1.54) is 18.2 Å². The Morgan fingerprint density at radius 1 is 0.830 bits per heavy atom. The van der Waals surface area contributed by atoms with Crippen molar-refractivity contribution in [1.29, 1.82) is 0 Å². The van der Waals surface area contributed by atoms with E-state index in [9.17, 15) is 38.9 Å². The molecule has 2 aliphatic heterocycles. The Morgan fingerprint density at radius 2 is 1.49 bits per heavy atom. The third-order valence-corrected chi connectivity index (χ3v) is 10.5. The molecule has 0 bridgehead atoms. The molecule has 0 aromatic heterocycles. The van der Waals surface area contributed by atoms with Crippen LogP contribution in [0.4, 0.5) is 28.4 Å². The molecule has 2 heterocycles. The van der Waals surface area contributed by atoms with Gasteiger partial charge in [0.2, 0.25) is 0 Å². The molecule has 3 aromatic rings. The predicted molar refractivity (Wildman–Crippen MR) is 170 cm³/mol. The predicted octanol–water partition coefficient (Wildman–Crippen LogP) is 4.84. The van der Waals surface area contributed by atoms with Crippen LogP contribution in [0.2, 0.25) is 10.0 Å². The van der Waals surface area contributed by atoms with Crippen LogP contribution < -0.4 is 26.9 Å². The van der Waals surface area contributed by atoms with Crippen molar-refractivity contribution in [3.05, 3.63) is 56.9 Å². The number of halogens is 2. The maximum Gasteiger partial charge on any atom is 0.300 e. The van der Waals surface area contributed by atoms with Gasteiger partial charge in [0.05, 0.1) is 17.1 Å². The van der Waals surface area contributed by atoms with Crippen LogP contribution in [0.1, 0.15) is 11.1 Å². The Balaban J connectivity index is 1.74. The summed E-state index contributed by atoms with van der Waals surface area (Å²) in [4.78, 5) is 5.31. The van der Waals surface area contributed by atoms with Crippen LogP contribution in [0.5, 0.6) is 11.5 Å². The highest BCUT2D eigenvalue weighted by atomic mass is 35.5. The SMILES string of the molecule is Cc1cc(C)c(N=c2c(S(=O)(=O)O)cc3nc4c(Cl)c5c(c(Cl)c4oc-3c2S(=O)(=O)O)Nc2ccc(N)c(S(=O)(=O)O)c2O5)cc1N. The third-order valence-electron chi connectivity index (χ3n) is 7.08. The number of nitrogens with zero attached hydrogens (tertiary/aromatic N) is 2. The largest absolute Gasteiger partial charge is 0.450 e. The Labute approximate surface area is 275 Å². The number of nitrogens with two attached hydrogens (primary N) is 2. The van der Waals surface area contributed by atoms with Gasteiger partial charge in [0, 0.05) is 5.69 Å². The smallest absolute Gasteiger partial charge is 0.300 e. The summed E-state index contributed by atoms with van der Waals surface area (Å²) in [6.45, 7) is 3.28. The lowest BCUT2D eigenvalue weighted by molar-refractivity contribution is 0.449. The molecule has 0 fully saturated rings. The molecule has 3 aromatic carbocycles. The molecule has 6 rings (SSSR count). The zero-order valence-electron chi connectivity index (χ0n) is 23.5. The topological polar surface area (TPSA) is 275 Å². The van der Waals surface area contributed by atoms with Crippen LogP contribution in [0.15, 0.2) is 54.4 Å². The molecule has 0 radical (unpaired) electrons. The second-order valence-electron chi connectivity index (χ2n) is 10.2. The number of hydrogen-bond acceptors (Lipinski definition) is 13. The Kier molecular flexibility index (Phi) is 7.42. The fraction of sp³-hybridized carbons (Fsp3) is 0.0769. The standard InChI is InChI=1S/C26H19Cl2N5O11S3/c1-8-5-9(2)13(6-11(8)30)32-18-15(45(34,35)36)7-14-22(26(18)47(40,41)42)44-24-16(27)19-23(17(28)20(24)33-14)43-21-12(31-19)4-3-10(29)25(21)46(37,38)39/h3-7,31H,29-30H2,1-2H3,(H,34,35,36)(H,37,38,39)(H,40,41,42). The Bertz CT molecular complexity index is 2630. The van der Waals surface area contributed by atoms with E-state index in [0.29, 0.717) is 11.1 Å². The Hall–Kier alpha value is -4.21. The van der Waals surface area contributed by atoms with Gasteiger partial charge < -0.3 is 25.9 Å². The summed E-state index contributed by atoms with van der Waals surface area (Å²) >= 11 is 13.2. The van der Waals surface area contributed by atoms with Crippen LogP contribution in [0.25, 0.3) is 22.6 Å². The summed E-state index contributed by atoms with van der Waals surface area (Å²) in [7, 11) is -15.6. The molecule has 8 N–H and O–H groups in total. The van der Waals surface area contributed by atoms with E-state index in [1.54, 1.807) is 19.9 Å². The molecule has 3 aliphatic rings. The normalized spacial score (nSPS) is 13.7. The summed E-state index contributed by atoms with van der Waals surface area (Å²) in [5.41, 5.74) is 11.2. The summed E-state index contributed by atoms with van der Waals surface area (Å²) in [5, 5.41) is 1.12. The number of hydrogen-bond donors (Lipinski definition) is 6. The van der Waals surface area contributed by atoms with E-state index in [4.69, 9.17) is 43.8 Å². The number of aromatic nitrogens is 1. The van der Waals surface area contributed by atoms with Crippen molar-refractivity contribution in [2.45, 2.75) is 28.5 Å². The number of nitrogens with one attached hydrogen (secondary N) is 1. The van der Waals surface area contributed by atoms with Crippen LogP contribution in [-0.2, 0) is 30.4 Å². The maximum absolute atomic E-state index is 12.9. The molecular formula is C26H19Cl2N5O11S3. The van der Waals surface area contributed by atoms with E-state index >= 15 is 0 Å². The number of anilines is 4. The first-order chi connectivity index (χ1) is 21.7. The lowest BCUT2D eigenvalue weighted by Gasteiger charge is -2.26. The summed E-state index contributed by atoms with van der Waals surface area (Å²) in [6.07, 6.45) is 0. The molecule has 0 amide bonds. The average molecular weight is 745 g/mol. The van der Waals surface area contributed by atoms with Crippen LogP contribution in [0, 0.1) is 13.8 Å². The second kappa shape index (κ2) is 10.7. The monoisotopic (exact) mass is 743 g/mol. The van der Waals surface area contributed by atoms with Gasteiger partial charge in [-0.2, -0.15) is 25.3 Å². The molecule has 0 saturated carbocycles. The van der Waals surface area contributed by atoms with Crippen molar-refractivity contribution in [2.24, 2.45) is 4.99 Å². The van der Waals surface area contributed by atoms with Crippen molar-refractivity contribution in [3.8, 4) is 23.0 Å². The van der Waals surface area contributed by atoms with Gasteiger partial charge in [-0.15, -0.1) is 0 Å². The van der Waals surface area contributed by atoms with Gasteiger partial charge in [0.1, 0.15) is 37.2 Å². The van der Waals surface area contributed by atoms with E-state index in [-0.39, 0.29) is 44.7 Å². The minimum Gasteiger partial charge on any atom is -0.450 e.